The predicted molar refractivity (Wildman–Crippen MR) is 141 cm³/mol. The summed E-state index contributed by atoms with van der Waals surface area (Å²) in [5.41, 5.74) is 8.95. The molecule has 2 heterocycles. The number of benzene rings is 3. The molecule has 0 unspecified atom stereocenters. The molecule has 11 heteroatoms. The number of nitrogens with two attached hydrogens (primary N) is 1. The molecule has 1 aliphatic rings. The Hall–Kier alpha value is -4.51. The van der Waals surface area contributed by atoms with Crippen LogP contribution in [0.15, 0.2) is 82.9 Å². The second-order valence-electron chi connectivity index (χ2n) is 8.38. The number of hydrogen-bond donors (Lipinski definition) is 1. The van der Waals surface area contributed by atoms with E-state index < -0.39 is 12.2 Å². The number of para-hydroxylation sites is 2. The van der Waals surface area contributed by atoms with Crippen LogP contribution in [-0.2, 0) is 4.74 Å². The molecule has 4 aromatic rings. The van der Waals surface area contributed by atoms with Crippen molar-refractivity contribution in [3.05, 3.63) is 78.6 Å². The lowest BCUT2D eigenvalue weighted by atomic mass is 10.1. The van der Waals surface area contributed by atoms with E-state index in [4.69, 9.17) is 19.9 Å². The Balaban J connectivity index is 1.50. The number of methoxy groups -OCH3 is 1. The van der Waals surface area contributed by atoms with Gasteiger partial charge in [0.05, 0.1) is 31.4 Å². The number of morpholine rings is 1. The van der Waals surface area contributed by atoms with Crippen molar-refractivity contribution in [2.45, 2.75) is 6.43 Å². The molecular weight excluding hydrogens is 494 g/mol. The van der Waals surface area contributed by atoms with E-state index in [0.717, 1.165) is 21.6 Å². The molecule has 1 saturated heterocycles. The van der Waals surface area contributed by atoms with E-state index in [-0.39, 0.29) is 12.0 Å². The average Bonchev–Trinajstić information content (AvgIpc) is 3.32. The average molecular weight is 521 g/mol. The van der Waals surface area contributed by atoms with E-state index in [1.807, 2.05) is 41.3 Å². The number of imidazole rings is 1. The van der Waals surface area contributed by atoms with Crippen LogP contribution < -0.4 is 15.2 Å². The molecule has 0 bridgehead atoms. The molecule has 1 aliphatic heterocycles. The number of amidine groups is 1. The van der Waals surface area contributed by atoms with Crippen molar-refractivity contribution in [2.24, 2.45) is 15.8 Å². The SMILES string of the molecule is COc1ccc(-c2ccc(OC(=Nn3c(C(F)F)nc4ccccc43)N=C(N)N3CCOCC3)cc2)cc1. The maximum atomic E-state index is 13.9. The fourth-order valence-electron chi connectivity index (χ4n) is 3.99. The Morgan fingerprint density at radius 2 is 1.58 bits per heavy atom. The first-order valence-electron chi connectivity index (χ1n) is 12.0. The van der Waals surface area contributed by atoms with Gasteiger partial charge in [-0.25, -0.2) is 18.4 Å². The van der Waals surface area contributed by atoms with Crippen molar-refractivity contribution >= 4 is 23.0 Å². The zero-order valence-electron chi connectivity index (χ0n) is 20.6. The van der Waals surface area contributed by atoms with Crippen LogP contribution >= 0.6 is 0 Å². The zero-order chi connectivity index (χ0) is 26.5. The summed E-state index contributed by atoms with van der Waals surface area (Å²) in [5.74, 6) is 0.787. The molecule has 0 saturated carbocycles. The Morgan fingerprint density at radius 1 is 0.947 bits per heavy atom. The molecule has 0 radical (unpaired) electrons. The summed E-state index contributed by atoms with van der Waals surface area (Å²) in [4.78, 5) is 10.2. The monoisotopic (exact) mass is 520 g/mol. The number of hydrogen-bond acceptors (Lipinski definition) is 5. The first kappa shape index (κ1) is 25.2. The predicted octanol–water partition coefficient (Wildman–Crippen LogP) is 4.49. The molecule has 0 aliphatic carbocycles. The molecule has 196 valence electrons. The summed E-state index contributed by atoms with van der Waals surface area (Å²) >= 11 is 0. The van der Waals surface area contributed by atoms with Crippen molar-refractivity contribution < 1.29 is 23.0 Å². The Bertz CT molecular complexity index is 1450. The number of aliphatic imine (C=N–C) groups is 1. The highest BCUT2D eigenvalue weighted by molar-refractivity contribution is 5.92. The maximum Gasteiger partial charge on any atom is 0.343 e. The smallest absolute Gasteiger partial charge is 0.343 e. The number of guanidine groups is 1. The van der Waals surface area contributed by atoms with Crippen LogP contribution in [0.3, 0.4) is 0 Å². The molecule has 0 spiro atoms. The van der Waals surface area contributed by atoms with Gasteiger partial charge in [0.2, 0.25) is 5.96 Å². The van der Waals surface area contributed by atoms with Gasteiger partial charge >= 0.3 is 6.02 Å². The third-order valence-electron chi connectivity index (χ3n) is 5.97. The van der Waals surface area contributed by atoms with Crippen molar-refractivity contribution in [1.82, 2.24) is 14.6 Å². The molecule has 5 rings (SSSR count). The van der Waals surface area contributed by atoms with Gasteiger partial charge in [-0.1, -0.05) is 36.4 Å². The summed E-state index contributed by atoms with van der Waals surface area (Å²) in [6.45, 7) is 2.07. The zero-order valence-corrected chi connectivity index (χ0v) is 20.6. The molecule has 3 aromatic carbocycles. The highest BCUT2D eigenvalue weighted by atomic mass is 19.3. The fraction of sp³-hybridized carbons (Fsp3) is 0.222. The van der Waals surface area contributed by atoms with E-state index >= 15 is 0 Å². The van der Waals surface area contributed by atoms with Crippen molar-refractivity contribution in [2.75, 3.05) is 33.4 Å². The van der Waals surface area contributed by atoms with Gasteiger partial charge in [-0.15, -0.1) is 5.10 Å². The number of aromatic nitrogens is 2. The summed E-state index contributed by atoms with van der Waals surface area (Å²) in [6, 6.07) is 21.4. The molecule has 9 nitrogen and oxygen atoms in total. The van der Waals surface area contributed by atoms with Crippen LogP contribution in [-0.4, -0.2) is 60.0 Å². The first-order valence-corrected chi connectivity index (χ1v) is 12.0. The van der Waals surface area contributed by atoms with Gasteiger partial charge in [0, 0.05) is 13.1 Å². The third-order valence-corrected chi connectivity index (χ3v) is 5.97. The Labute approximate surface area is 217 Å². The second kappa shape index (κ2) is 11.3. The minimum absolute atomic E-state index is 0.143. The maximum absolute atomic E-state index is 13.9. The van der Waals surface area contributed by atoms with E-state index in [9.17, 15) is 8.78 Å². The van der Waals surface area contributed by atoms with Gasteiger partial charge in [-0.05, 0) is 47.5 Å². The minimum Gasteiger partial charge on any atom is -0.497 e. The molecule has 38 heavy (non-hydrogen) atoms. The number of fused-ring (bicyclic) bond motifs is 1. The van der Waals surface area contributed by atoms with Crippen LogP contribution in [0.25, 0.3) is 22.2 Å². The van der Waals surface area contributed by atoms with Crippen molar-refractivity contribution in [3.8, 4) is 22.6 Å². The molecule has 1 aromatic heterocycles. The normalized spacial score (nSPS) is 14.8. The molecule has 0 atom stereocenters. The number of rotatable bonds is 5. The van der Waals surface area contributed by atoms with Crippen LogP contribution in [0.4, 0.5) is 8.78 Å². The van der Waals surface area contributed by atoms with Gasteiger partial charge in [0.25, 0.3) is 6.43 Å². The van der Waals surface area contributed by atoms with Gasteiger partial charge in [0.15, 0.2) is 5.82 Å². The number of ether oxygens (including phenoxy) is 3. The largest absolute Gasteiger partial charge is 0.497 e. The lowest BCUT2D eigenvalue weighted by Crippen LogP contribution is -2.45. The van der Waals surface area contributed by atoms with E-state index in [2.05, 4.69) is 15.1 Å². The number of alkyl halides is 2. The highest BCUT2D eigenvalue weighted by Crippen LogP contribution is 2.26. The van der Waals surface area contributed by atoms with Gasteiger partial charge in [0.1, 0.15) is 11.5 Å². The van der Waals surface area contributed by atoms with Crippen LogP contribution in [0, 0.1) is 0 Å². The lowest BCUT2D eigenvalue weighted by Gasteiger charge is -2.27. The first-order chi connectivity index (χ1) is 18.5. The number of nitrogens with zero attached hydrogens (tertiary/aromatic N) is 5. The molecular formula is C27H26F2N6O3. The Kier molecular flexibility index (Phi) is 7.45. The summed E-state index contributed by atoms with van der Waals surface area (Å²) < 4.78 is 45.3. The Morgan fingerprint density at radius 3 is 2.21 bits per heavy atom. The minimum atomic E-state index is -2.86. The molecule has 1 fully saturated rings. The van der Waals surface area contributed by atoms with Crippen molar-refractivity contribution in [1.29, 1.82) is 0 Å². The number of halogens is 2. The highest BCUT2D eigenvalue weighted by Gasteiger charge is 2.21. The topological polar surface area (TPSA) is 99.5 Å². The fourth-order valence-corrected chi connectivity index (χ4v) is 3.99. The van der Waals surface area contributed by atoms with E-state index in [1.165, 1.54) is 0 Å². The third kappa shape index (κ3) is 5.57. The lowest BCUT2D eigenvalue weighted by molar-refractivity contribution is 0.0675. The van der Waals surface area contributed by atoms with Crippen LogP contribution in [0.2, 0.25) is 0 Å². The summed E-state index contributed by atoms with van der Waals surface area (Å²) in [5, 5.41) is 4.33. The quantitative estimate of drug-likeness (QED) is 0.307. The van der Waals surface area contributed by atoms with E-state index in [0.29, 0.717) is 43.1 Å². The van der Waals surface area contributed by atoms with Gasteiger partial charge in [-0.2, -0.15) is 4.99 Å². The summed E-state index contributed by atoms with van der Waals surface area (Å²) in [6.07, 6.45) is -2.86. The van der Waals surface area contributed by atoms with Gasteiger partial charge in [-0.3, -0.25) is 0 Å². The summed E-state index contributed by atoms with van der Waals surface area (Å²) in [7, 11) is 1.62. The van der Waals surface area contributed by atoms with Gasteiger partial charge < -0.3 is 24.8 Å². The molecule has 2 N–H and O–H groups in total. The molecule has 0 amide bonds. The standard InChI is InChI=1S/C27H26F2N6O3/c1-36-20-10-6-18(7-11-20)19-8-12-21(13-9-19)38-27(32-26(30)34-14-16-37-17-15-34)33-35-23-5-3-2-4-22(23)31-25(35)24(28)29/h2-13,24H,14-17H2,1H3,(H2,30,32,33). The second-order valence-corrected chi connectivity index (χ2v) is 8.38. The van der Waals surface area contributed by atoms with Crippen molar-refractivity contribution in [3.63, 3.8) is 0 Å². The van der Waals surface area contributed by atoms with E-state index in [1.54, 1.807) is 43.5 Å². The van der Waals surface area contributed by atoms with Crippen LogP contribution in [0.5, 0.6) is 11.5 Å². The van der Waals surface area contributed by atoms with Crippen LogP contribution in [0.1, 0.15) is 12.2 Å².